The van der Waals surface area contributed by atoms with E-state index < -0.39 is 5.60 Å². The van der Waals surface area contributed by atoms with Gasteiger partial charge in [0, 0.05) is 12.5 Å². The van der Waals surface area contributed by atoms with Crippen LogP contribution in [-0.2, 0) is 9.53 Å². The molecule has 3 heteroatoms. The van der Waals surface area contributed by atoms with Gasteiger partial charge in [-0.1, -0.05) is 19.3 Å². The Morgan fingerprint density at radius 2 is 1.94 bits per heavy atom. The standard InChI is InChI=1S/C14H24O3/c1-13(2,16)12(15)11-6-9-17-14(10-11)7-4-3-5-8-14/h11,16H,3-10H2,1-2H3. The molecule has 1 N–H and O–H groups in total. The van der Waals surface area contributed by atoms with Gasteiger partial charge in [0.05, 0.1) is 5.60 Å². The third kappa shape index (κ3) is 2.89. The molecule has 1 spiro atoms. The summed E-state index contributed by atoms with van der Waals surface area (Å²) in [5, 5.41) is 9.83. The molecule has 1 heterocycles. The van der Waals surface area contributed by atoms with Gasteiger partial charge >= 0.3 is 0 Å². The lowest BCUT2D eigenvalue weighted by molar-refractivity contribution is -0.155. The average Bonchev–Trinajstić information content (AvgIpc) is 2.28. The van der Waals surface area contributed by atoms with Gasteiger partial charge < -0.3 is 9.84 Å². The van der Waals surface area contributed by atoms with E-state index in [0.717, 1.165) is 25.7 Å². The normalized spacial score (nSPS) is 29.2. The molecule has 98 valence electrons. The van der Waals surface area contributed by atoms with Crippen molar-refractivity contribution in [2.24, 2.45) is 5.92 Å². The third-order valence-corrected chi connectivity index (χ3v) is 4.23. The van der Waals surface area contributed by atoms with E-state index >= 15 is 0 Å². The highest BCUT2D eigenvalue weighted by Crippen LogP contribution is 2.41. The van der Waals surface area contributed by atoms with Gasteiger partial charge in [-0.05, 0) is 39.5 Å². The lowest BCUT2D eigenvalue weighted by Crippen LogP contribution is -2.47. The van der Waals surface area contributed by atoms with Crippen molar-refractivity contribution in [3.05, 3.63) is 0 Å². The smallest absolute Gasteiger partial charge is 0.167 e. The van der Waals surface area contributed by atoms with E-state index in [1.54, 1.807) is 13.8 Å². The minimum Gasteiger partial charge on any atom is -0.383 e. The first kappa shape index (κ1) is 13.0. The molecule has 1 aliphatic heterocycles. The predicted octanol–water partition coefficient (Wildman–Crippen LogP) is 2.46. The van der Waals surface area contributed by atoms with E-state index in [9.17, 15) is 9.90 Å². The number of carbonyl (C=O) groups is 1. The van der Waals surface area contributed by atoms with E-state index in [2.05, 4.69) is 0 Å². The predicted molar refractivity (Wildman–Crippen MR) is 65.8 cm³/mol. The van der Waals surface area contributed by atoms with Crippen LogP contribution in [0.5, 0.6) is 0 Å². The van der Waals surface area contributed by atoms with Crippen LogP contribution in [0.4, 0.5) is 0 Å². The summed E-state index contributed by atoms with van der Waals surface area (Å²) < 4.78 is 5.97. The minimum absolute atomic E-state index is 0.00857. The molecule has 17 heavy (non-hydrogen) atoms. The highest BCUT2D eigenvalue weighted by molar-refractivity contribution is 5.88. The fraction of sp³-hybridized carbons (Fsp3) is 0.929. The zero-order valence-electron chi connectivity index (χ0n) is 11.0. The van der Waals surface area contributed by atoms with Crippen LogP contribution in [0, 0.1) is 5.92 Å². The van der Waals surface area contributed by atoms with Crippen LogP contribution < -0.4 is 0 Å². The summed E-state index contributed by atoms with van der Waals surface area (Å²) in [5.74, 6) is -0.0207. The molecule has 1 aliphatic carbocycles. The Hall–Kier alpha value is -0.410. The molecule has 3 nitrogen and oxygen atoms in total. The van der Waals surface area contributed by atoms with E-state index in [0.29, 0.717) is 6.61 Å². The van der Waals surface area contributed by atoms with Gasteiger partial charge in [0.15, 0.2) is 5.78 Å². The summed E-state index contributed by atoms with van der Waals surface area (Å²) in [6.07, 6.45) is 7.47. The van der Waals surface area contributed by atoms with Crippen LogP contribution in [0.3, 0.4) is 0 Å². The number of ether oxygens (including phenoxy) is 1. The van der Waals surface area contributed by atoms with E-state index in [4.69, 9.17) is 4.74 Å². The van der Waals surface area contributed by atoms with E-state index in [1.807, 2.05) is 0 Å². The maximum absolute atomic E-state index is 12.1. The highest BCUT2D eigenvalue weighted by atomic mass is 16.5. The average molecular weight is 240 g/mol. The van der Waals surface area contributed by atoms with Crippen LogP contribution in [0.15, 0.2) is 0 Å². The molecule has 2 aliphatic rings. The van der Waals surface area contributed by atoms with Crippen molar-refractivity contribution in [1.82, 2.24) is 0 Å². The maximum Gasteiger partial charge on any atom is 0.167 e. The van der Waals surface area contributed by atoms with Gasteiger partial charge in [0.25, 0.3) is 0 Å². The van der Waals surface area contributed by atoms with Gasteiger partial charge in [0.2, 0.25) is 0 Å². The molecular formula is C14H24O3. The van der Waals surface area contributed by atoms with Crippen molar-refractivity contribution in [3.63, 3.8) is 0 Å². The van der Waals surface area contributed by atoms with Gasteiger partial charge in [-0.25, -0.2) is 0 Å². The quantitative estimate of drug-likeness (QED) is 0.806. The first-order chi connectivity index (χ1) is 7.93. The van der Waals surface area contributed by atoms with Gasteiger partial charge in [-0.3, -0.25) is 4.79 Å². The zero-order valence-corrected chi connectivity index (χ0v) is 11.0. The lowest BCUT2D eigenvalue weighted by atomic mass is 9.73. The van der Waals surface area contributed by atoms with Crippen molar-refractivity contribution >= 4 is 5.78 Å². The summed E-state index contributed by atoms with van der Waals surface area (Å²) in [4.78, 5) is 12.1. The summed E-state index contributed by atoms with van der Waals surface area (Å²) in [5.41, 5.74) is -1.25. The number of aliphatic hydroxyl groups is 1. The summed E-state index contributed by atoms with van der Waals surface area (Å²) in [6, 6.07) is 0. The molecule has 2 rings (SSSR count). The summed E-state index contributed by atoms with van der Waals surface area (Å²) in [7, 11) is 0. The van der Waals surface area contributed by atoms with E-state index in [-0.39, 0.29) is 17.3 Å². The topological polar surface area (TPSA) is 46.5 Å². The van der Waals surface area contributed by atoms with Crippen LogP contribution in [0.25, 0.3) is 0 Å². The number of carbonyl (C=O) groups excluding carboxylic acids is 1. The number of hydrogen-bond acceptors (Lipinski definition) is 3. The lowest BCUT2D eigenvalue weighted by Gasteiger charge is -2.44. The van der Waals surface area contributed by atoms with Gasteiger partial charge in [-0.2, -0.15) is 0 Å². The Morgan fingerprint density at radius 1 is 1.29 bits per heavy atom. The van der Waals surface area contributed by atoms with Crippen LogP contribution >= 0.6 is 0 Å². The molecule has 1 saturated heterocycles. The van der Waals surface area contributed by atoms with Gasteiger partial charge in [0.1, 0.15) is 5.60 Å². The molecular weight excluding hydrogens is 216 g/mol. The Labute approximate surface area is 104 Å². The van der Waals surface area contributed by atoms with Crippen molar-refractivity contribution in [2.75, 3.05) is 6.61 Å². The number of Topliss-reactive ketones (excluding diaryl/α,β-unsaturated/α-hetero) is 1. The zero-order chi connectivity index (χ0) is 12.5. The van der Waals surface area contributed by atoms with E-state index in [1.165, 1.54) is 19.3 Å². The van der Waals surface area contributed by atoms with Crippen LogP contribution in [0.2, 0.25) is 0 Å². The Kier molecular flexibility index (Phi) is 3.60. The Balaban J connectivity index is 2.04. The van der Waals surface area contributed by atoms with Crippen molar-refractivity contribution in [2.45, 2.75) is 70.0 Å². The molecule has 1 saturated carbocycles. The van der Waals surface area contributed by atoms with Crippen molar-refractivity contribution in [3.8, 4) is 0 Å². The SMILES string of the molecule is CC(C)(O)C(=O)C1CCOC2(CCCCC2)C1. The first-order valence-corrected chi connectivity index (χ1v) is 6.84. The molecule has 1 atom stereocenters. The largest absolute Gasteiger partial charge is 0.383 e. The maximum atomic E-state index is 12.1. The molecule has 0 aromatic carbocycles. The second-order valence-corrected chi connectivity index (χ2v) is 6.21. The summed E-state index contributed by atoms with van der Waals surface area (Å²) in [6.45, 7) is 3.86. The molecule has 1 unspecified atom stereocenters. The summed E-state index contributed by atoms with van der Waals surface area (Å²) >= 11 is 0. The Bertz CT molecular complexity index is 279. The minimum atomic E-state index is -1.20. The number of hydrogen-bond donors (Lipinski definition) is 1. The van der Waals surface area contributed by atoms with Crippen molar-refractivity contribution < 1.29 is 14.6 Å². The highest BCUT2D eigenvalue weighted by Gasteiger charge is 2.43. The second-order valence-electron chi connectivity index (χ2n) is 6.21. The Morgan fingerprint density at radius 3 is 2.53 bits per heavy atom. The molecule has 2 fully saturated rings. The number of rotatable bonds is 2. The first-order valence-electron chi connectivity index (χ1n) is 6.84. The molecule has 0 amide bonds. The molecule has 0 aromatic rings. The number of ketones is 1. The third-order valence-electron chi connectivity index (χ3n) is 4.23. The van der Waals surface area contributed by atoms with Crippen LogP contribution in [0.1, 0.15) is 58.8 Å². The fourth-order valence-corrected chi connectivity index (χ4v) is 3.30. The van der Waals surface area contributed by atoms with Gasteiger partial charge in [-0.15, -0.1) is 0 Å². The molecule has 0 radical (unpaired) electrons. The second kappa shape index (κ2) is 4.69. The van der Waals surface area contributed by atoms with Crippen LogP contribution in [-0.4, -0.2) is 28.7 Å². The fourth-order valence-electron chi connectivity index (χ4n) is 3.30. The monoisotopic (exact) mass is 240 g/mol. The molecule has 0 aromatic heterocycles. The van der Waals surface area contributed by atoms with Crippen molar-refractivity contribution in [1.29, 1.82) is 0 Å². The molecule has 0 bridgehead atoms.